The summed E-state index contributed by atoms with van der Waals surface area (Å²) in [5.41, 5.74) is 6.14. The maximum Gasteiger partial charge on any atom is 0.227 e. The van der Waals surface area contributed by atoms with Crippen molar-refractivity contribution >= 4 is 17.2 Å². The summed E-state index contributed by atoms with van der Waals surface area (Å²) < 4.78 is 0. The average molecular weight is 241 g/mol. The van der Waals surface area contributed by atoms with Gasteiger partial charge in [-0.1, -0.05) is 6.92 Å². The first-order chi connectivity index (χ1) is 7.51. The molecule has 0 aliphatic carbocycles. The normalized spacial score (nSPS) is 14.5. The van der Waals surface area contributed by atoms with Crippen LogP contribution in [-0.2, 0) is 11.3 Å². The highest BCUT2D eigenvalue weighted by Crippen LogP contribution is 2.19. The Labute approximate surface area is 100 Å². The Morgan fingerprint density at radius 3 is 2.81 bits per heavy atom. The molecule has 1 unspecified atom stereocenters. The number of thiazole rings is 1. The minimum atomic E-state index is -0.466. The van der Waals surface area contributed by atoms with Gasteiger partial charge in [0.2, 0.25) is 5.91 Å². The van der Waals surface area contributed by atoms with Crippen LogP contribution in [0, 0.1) is 12.3 Å². The minimum absolute atomic E-state index is 0.00496. The molecular weight excluding hydrogens is 222 g/mol. The van der Waals surface area contributed by atoms with Crippen LogP contribution in [0.15, 0.2) is 5.38 Å². The number of amides is 1. The van der Waals surface area contributed by atoms with Crippen LogP contribution in [0.3, 0.4) is 0 Å². The monoisotopic (exact) mass is 241 g/mol. The van der Waals surface area contributed by atoms with E-state index >= 15 is 0 Å². The first kappa shape index (κ1) is 13.1. The Morgan fingerprint density at radius 2 is 2.38 bits per heavy atom. The van der Waals surface area contributed by atoms with Gasteiger partial charge in [0.05, 0.1) is 12.0 Å². The predicted octanol–water partition coefficient (Wildman–Crippen LogP) is 1.44. The van der Waals surface area contributed by atoms with Crippen LogP contribution in [-0.4, -0.2) is 17.4 Å². The van der Waals surface area contributed by atoms with Gasteiger partial charge in [0, 0.05) is 17.6 Å². The van der Waals surface area contributed by atoms with Crippen LogP contribution in [0.2, 0.25) is 0 Å². The summed E-state index contributed by atoms with van der Waals surface area (Å²) in [5.74, 6) is 0.00496. The molecule has 0 aliphatic heterocycles. The lowest BCUT2D eigenvalue weighted by atomic mass is 9.87. The average Bonchev–Trinajstić information content (AvgIpc) is 2.70. The van der Waals surface area contributed by atoms with Crippen molar-refractivity contribution in [3.8, 4) is 0 Å². The lowest BCUT2D eigenvalue weighted by Crippen LogP contribution is -2.43. The summed E-state index contributed by atoms with van der Waals surface area (Å²) >= 11 is 1.56. The number of nitrogens with zero attached hydrogens (tertiary/aromatic N) is 1. The third-order valence-electron chi connectivity index (χ3n) is 2.85. The fourth-order valence-corrected chi connectivity index (χ4v) is 1.96. The number of nitrogens with two attached hydrogens (primary N) is 1. The number of rotatable bonds is 5. The highest BCUT2D eigenvalue weighted by molar-refractivity contribution is 7.09. The highest BCUT2D eigenvalue weighted by Gasteiger charge is 2.29. The number of hydrogen-bond donors (Lipinski definition) is 2. The quantitative estimate of drug-likeness (QED) is 0.819. The Morgan fingerprint density at radius 1 is 1.69 bits per heavy atom. The Hall–Kier alpha value is -0.940. The number of carbonyl (C=O) groups excluding carboxylic acids is 1. The zero-order chi connectivity index (χ0) is 12.2. The maximum atomic E-state index is 11.9. The first-order valence-corrected chi connectivity index (χ1v) is 6.29. The zero-order valence-corrected chi connectivity index (χ0v) is 10.9. The van der Waals surface area contributed by atoms with Gasteiger partial charge in [-0.05, 0) is 20.3 Å². The molecule has 4 nitrogen and oxygen atoms in total. The summed E-state index contributed by atoms with van der Waals surface area (Å²) in [6.07, 6.45) is 0.742. The summed E-state index contributed by atoms with van der Waals surface area (Å²) in [4.78, 5) is 16.2. The third-order valence-corrected chi connectivity index (χ3v) is 3.81. The molecule has 1 rings (SSSR count). The number of nitrogens with one attached hydrogen (secondary N) is 1. The van der Waals surface area contributed by atoms with E-state index < -0.39 is 5.41 Å². The van der Waals surface area contributed by atoms with Gasteiger partial charge in [0.1, 0.15) is 5.01 Å². The van der Waals surface area contributed by atoms with Gasteiger partial charge in [-0.15, -0.1) is 11.3 Å². The molecule has 0 fully saturated rings. The van der Waals surface area contributed by atoms with Crippen molar-refractivity contribution in [2.24, 2.45) is 11.1 Å². The fourth-order valence-electron chi connectivity index (χ4n) is 1.25. The summed E-state index contributed by atoms with van der Waals surface area (Å²) in [5, 5.41) is 5.79. The lowest BCUT2D eigenvalue weighted by Gasteiger charge is -2.24. The van der Waals surface area contributed by atoms with Crippen molar-refractivity contribution in [2.75, 3.05) is 6.54 Å². The second-order valence-electron chi connectivity index (χ2n) is 4.18. The zero-order valence-electron chi connectivity index (χ0n) is 10.0. The van der Waals surface area contributed by atoms with Crippen molar-refractivity contribution in [1.82, 2.24) is 10.3 Å². The van der Waals surface area contributed by atoms with E-state index in [0.717, 1.165) is 17.1 Å². The van der Waals surface area contributed by atoms with Crippen molar-refractivity contribution in [2.45, 2.75) is 33.7 Å². The first-order valence-electron chi connectivity index (χ1n) is 5.41. The van der Waals surface area contributed by atoms with Crippen molar-refractivity contribution in [3.63, 3.8) is 0 Å². The molecule has 16 heavy (non-hydrogen) atoms. The van der Waals surface area contributed by atoms with Crippen molar-refractivity contribution < 1.29 is 4.79 Å². The minimum Gasteiger partial charge on any atom is -0.349 e. The molecule has 1 aromatic heterocycles. The number of carbonyl (C=O) groups is 1. The highest BCUT2D eigenvalue weighted by atomic mass is 32.1. The molecule has 0 radical (unpaired) electrons. The molecule has 1 heterocycles. The fraction of sp³-hybridized carbons (Fsp3) is 0.636. The molecular formula is C11H19N3OS. The smallest absolute Gasteiger partial charge is 0.227 e. The van der Waals surface area contributed by atoms with E-state index in [4.69, 9.17) is 5.73 Å². The van der Waals surface area contributed by atoms with Crippen LogP contribution < -0.4 is 11.1 Å². The van der Waals surface area contributed by atoms with Gasteiger partial charge >= 0.3 is 0 Å². The van der Waals surface area contributed by atoms with E-state index in [0.29, 0.717) is 13.1 Å². The van der Waals surface area contributed by atoms with E-state index in [1.165, 1.54) is 0 Å². The second kappa shape index (κ2) is 5.41. The van der Waals surface area contributed by atoms with Crippen LogP contribution in [0.4, 0.5) is 0 Å². The van der Waals surface area contributed by atoms with Gasteiger partial charge in [-0.3, -0.25) is 4.79 Å². The maximum absolute atomic E-state index is 11.9. The third kappa shape index (κ3) is 3.02. The molecule has 1 amide bonds. The van der Waals surface area contributed by atoms with Crippen molar-refractivity contribution in [3.05, 3.63) is 16.1 Å². The largest absolute Gasteiger partial charge is 0.349 e. The molecule has 0 aromatic carbocycles. The molecule has 1 aromatic rings. The van der Waals surface area contributed by atoms with E-state index in [1.54, 1.807) is 11.3 Å². The Bertz CT molecular complexity index is 358. The van der Waals surface area contributed by atoms with Gasteiger partial charge < -0.3 is 11.1 Å². The van der Waals surface area contributed by atoms with Crippen LogP contribution in [0.25, 0.3) is 0 Å². The summed E-state index contributed by atoms with van der Waals surface area (Å²) in [6, 6.07) is 0. The van der Waals surface area contributed by atoms with E-state index in [9.17, 15) is 4.79 Å². The van der Waals surface area contributed by atoms with Crippen LogP contribution in [0.5, 0.6) is 0 Å². The summed E-state index contributed by atoms with van der Waals surface area (Å²) in [6.45, 7) is 6.66. The molecule has 0 saturated carbocycles. The Balaban J connectivity index is 2.52. The van der Waals surface area contributed by atoms with Gasteiger partial charge in [0.25, 0.3) is 0 Å². The molecule has 5 heteroatoms. The molecule has 0 aliphatic rings. The van der Waals surface area contributed by atoms with E-state index in [1.807, 2.05) is 26.2 Å². The molecule has 1 atom stereocenters. The second-order valence-corrected chi connectivity index (χ2v) is 5.13. The number of hydrogen-bond acceptors (Lipinski definition) is 4. The topological polar surface area (TPSA) is 68.0 Å². The SMILES string of the molecule is CCC(C)(CN)C(=O)NCc1nc(C)cs1. The molecule has 0 saturated heterocycles. The number of aryl methyl sites for hydroxylation is 1. The van der Waals surface area contributed by atoms with Gasteiger partial charge in [-0.25, -0.2) is 4.98 Å². The van der Waals surface area contributed by atoms with Crippen molar-refractivity contribution in [1.29, 1.82) is 0 Å². The molecule has 3 N–H and O–H groups in total. The number of aromatic nitrogens is 1. The van der Waals surface area contributed by atoms with Crippen LogP contribution in [0.1, 0.15) is 31.0 Å². The predicted molar refractivity (Wildman–Crippen MR) is 66.2 cm³/mol. The molecule has 90 valence electrons. The van der Waals surface area contributed by atoms with Crippen LogP contribution >= 0.6 is 11.3 Å². The van der Waals surface area contributed by atoms with Gasteiger partial charge in [0.15, 0.2) is 0 Å². The Kier molecular flexibility index (Phi) is 4.44. The molecule has 0 spiro atoms. The standard InChI is InChI=1S/C11H19N3OS/c1-4-11(3,7-12)10(15)13-5-9-14-8(2)6-16-9/h6H,4-5,7,12H2,1-3H3,(H,13,15). The summed E-state index contributed by atoms with van der Waals surface area (Å²) in [7, 11) is 0. The molecule has 0 bridgehead atoms. The van der Waals surface area contributed by atoms with E-state index in [2.05, 4.69) is 10.3 Å². The van der Waals surface area contributed by atoms with E-state index in [-0.39, 0.29) is 5.91 Å². The van der Waals surface area contributed by atoms with Gasteiger partial charge in [-0.2, -0.15) is 0 Å². The lowest BCUT2D eigenvalue weighted by molar-refractivity contribution is -0.130.